The number of nitrogens with zero attached hydrogens (tertiary/aromatic N) is 4. The highest BCUT2D eigenvalue weighted by atomic mass is 16.6. The van der Waals surface area contributed by atoms with E-state index in [2.05, 4.69) is 20.6 Å². The third-order valence-electron chi connectivity index (χ3n) is 3.42. The highest BCUT2D eigenvalue weighted by Gasteiger charge is 2.26. The summed E-state index contributed by atoms with van der Waals surface area (Å²) in [5.74, 6) is 0.161. The number of rotatable bonds is 5. The van der Waals surface area contributed by atoms with Crippen molar-refractivity contribution in [1.29, 1.82) is 5.26 Å². The molecule has 11 nitrogen and oxygen atoms in total. The number of anilines is 2. The first-order valence-electron chi connectivity index (χ1n) is 9.46. The van der Waals surface area contributed by atoms with Gasteiger partial charge in [0.15, 0.2) is 5.75 Å². The number of aryl methyl sites for hydroxylation is 1. The van der Waals surface area contributed by atoms with Crippen LogP contribution in [0.25, 0.3) is 0 Å². The zero-order valence-corrected chi connectivity index (χ0v) is 18.6. The number of carbonyl (C=O) groups excluding carboxylic acids is 1. The van der Waals surface area contributed by atoms with Gasteiger partial charge in [-0.05, 0) is 39.3 Å². The third kappa shape index (κ3) is 7.11. The van der Waals surface area contributed by atoms with Crippen molar-refractivity contribution in [3.63, 3.8) is 0 Å². The van der Waals surface area contributed by atoms with E-state index in [4.69, 9.17) is 14.7 Å². The summed E-state index contributed by atoms with van der Waals surface area (Å²) in [4.78, 5) is 31.0. The molecule has 2 rings (SSSR count). The van der Waals surface area contributed by atoms with E-state index in [0.717, 1.165) is 0 Å². The lowest BCUT2D eigenvalue weighted by Crippen LogP contribution is -2.27. The van der Waals surface area contributed by atoms with Crippen molar-refractivity contribution in [2.75, 3.05) is 17.7 Å². The molecule has 0 saturated heterocycles. The van der Waals surface area contributed by atoms with Crippen LogP contribution in [0.3, 0.4) is 0 Å². The van der Waals surface area contributed by atoms with Gasteiger partial charge in [-0.1, -0.05) is 13.8 Å². The van der Waals surface area contributed by atoms with Crippen molar-refractivity contribution in [3.05, 3.63) is 39.7 Å². The molecule has 0 fully saturated rings. The van der Waals surface area contributed by atoms with Crippen LogP contribution in [0.2, 0.25) is 0 Å². The first-order chi connectivity index (χ1) is 14.5. The van der Waals surface area contributed by atoms with Crippen molar-refractivity contribution in [2.45, 2.75) is 47.1 Å². The number of amides is 1. The van der Waals surface area contributed by atoms with Crippen LogP contribution in [-0.4, -0.2) is 33.6 Å². The van der Waals surface area contributed by atoms with E-state index < -0.39 is 22.3 Å². The Hall–Kier alpha value is -3.94. The molecule has 2 aromatic rings. The normalized spacial score (nSPS) is 10.1. The number of hydrogen-bond acceptors (Lipinski definition) is 9. The predicted octanol–water partition coefficient (Wildman–Crippen LogP) is 4.77. The molecule has 0 bridgehead atoms. The number of nitro groups is 1. The van der Waals surface area contributed by atoms with Crippen LogP contribution in [0.15, 0.2) is 18.3 Å². The van der Waals surface area contributed by atoms with Gasteiger partial charge in [-0.3, -0.25) is 15.4 Å². The molecule has 0 aliphatic heterocycles. The maximum atomic E-state index is 12.1. The fourth-order valence-corrected chi connectivity index (χ4v) is 2.26. The van der Waals surface area contributed by atoms with Gasteiger partial charge in [-0.15, -0.1) is 0 Å². The minimum atomic E-state index is -0.865. The molecule has 11 heteroatoms. The maximum absolute atomic E-state index is 12.1. The minimum absolute atomic E-state index is 0.0272. The quantitative estimate of drug-likeness (QED) is 0.504. The summed E-state index contributed by atoms with van der Waals surface area (Å²) in [5, 5.41) is 25.4. The third-order valence-corrected chi connectivity index (χ3v) is 3.42. The molecule has 0 spiro atoms. The van der Waals surface area contributed by atoms with Crippen LogP contribution in [0.4, 0.5) is 22.0 Å². The van der Waals surface area contributed by atoms with Gasteiger partial charge in [-0.2, -0.15) is 10.2 Å². The van der Waals surface area contributed by atoms with E-state index in [1.54, 1.807) is 27.7 Å². The van der Waals surface area contributed by atoms with Crippen LogP contribution in [0, 0.1) is 28.4 Å². The summed E-state index contributed by atoms with van der Waals surface area (Å²) in [6.07, 6.45) is 0.479. The zero-order chi connectivity index (χ0) is 23.8. The molecule has 0 radical (unpaired) electrons. The number of ether oxygens (including phenoxy) is 2. The summed E-state index contributed by atoms with van der Waals surface area (Å²) in [5.41, 5.74) is -0.556. The Morgan fingerprint density at radius 3 is 2.42 bits per heavy atom. The van der Waals surface area contributed by atoms with Crippen molar-refractivity contribution < 1.29 is 19.2 Å². The van der Waals surface area contributed by atoms with Gasteiger partial charge < -0.3 is 14.8 Å². The van der Waals surface area contributed by atoms with Crippen LogP contribution in [-0.2, 0) is 4.74 Å². The van der Waals surface area contributed by atoms with Gasteiger partial charge >= 0.3 is 11.8 Å². The summed E-state index contributed by atoms with van der Waals surface area (Å²) < 4.78 is 10.8. The van der Waals surface area contributed by atoms with Gasteiger partial charge in [0.25, 0.3) is 0 Å². The Balaban J connectivity index is 0.00000233. The molecule has 2 aromatic heterocycles. The lowest BCUT2D eigenvalue weighted by Gasteiger charge is -2.20. The van der Waals surface area contributed by atoms with Gasteiger partial charge in [0, 0.05) is 13.1 Å². The average molecular weight is 430 g/mol. The SMILES string of the molecule is CC.CNc1nc(Oc2cnc(C#N)cc2C)cc(NC(=O)OC(C)(C)C)c1[N+](=O)[O-]. The van der Waals surface area contributed by atoms with E-state index in [0.29, 0.717) is 11.3 Å². The number of nitrogens with one attached hydrogen (secondary N) is 2. The lowest BCUT2D eigenvalue weighted by molar-refractivity contribution is -0.383. The number of carbonyl (C=O) groups is 1. The van der Waals surface area contributed by atoms with Gasteiger partial charge in [0.05, 0.1) is 11.1 Å². The van der Waals surface area contributed by atoms with Crippen molar-refractivity contribution in [1.82, 2.24) is 9.97 Å². The second-order valence-corrected chi connectivity index (χ2v) is 6.89. The monoisotopic (exact) mass is 430 g/mol. The molecular weight excluding hydrogens is 404 g/mol. The maximum Gasteiger partial charge on any atom is 0.412 e. The lowest BCUT2D eigenvalue weighted by atomic mass is 10.2. The van der Waals surface area contributed by atoms with Crippen LogP contribution < -0.4 is 15.4 Å². The topological polar surface area (TPSA) is 152 Å². The molecule has 2 N–H and O–H groups in total. The Labute approximate surface area is 180 Å². The van der Waals surface area contributed by atoms with Crippen LogP contribution in [0.5, 0.6) is 11.6 Å². The zero-order valence-electron chi connectivity index (χ0n) is 18.6. The molecule has 0 unspecified atom stereocenters. The van der Waals surface area contributed by atoms with Crippen LogP contribution in [0.1, 0.15) is 45.9 Å². The highest BCUT2D eigenvalue weighted by molar-refractivity contribution is 5.90. The summed E-state index contributed by atoms with van der Waals surface area (Å²) in [6, 6.07) is 4.65. The Morgan fingerprint density at radius 2 is 1.94 bits per heavy atom. The van der Waals surface area contributed by atoms with Crippen molar-refractivity contribution in [3.8, 4) is 17.7 Å². The Bertz CT molecular complexity index is 995. The smallest absolute Gasteiger partial charge is 0.412 e. The first-order valence-corrected chi connectivity index (χ1v) is 9.46. The van der Waals surface area contributed by atoms with Gasteiger partial charge in [0.2, 0.25) is 11.7 Å². The fourth-order valence-electron chi connectivity index (χ4n) is 2.26. The highest BCUT2D eigenvalue weighted by Crippen LogP contribution is 2.36. The summed E-state index contributed by atoms with van der Waals surface area (Å²) >= 11 is 0. The predicted molar refractivity (Wildman–Crippen MR) is 115 cm³/mol. The van der Waals surface area contributed by atoms with E-state index in [-0.39, 0.29) is 23.1 Å². The Morgan fingerprint density at radius 1 is 1.29 bits per heavy atom. The van der Waals surface area contributed by atoms with E-state index in [1.165, 1.54) is 25.4 Å². The average Bonchev–Trinajstić information content (AvgIpc) is 2.68. The first kappa shape index (κ1) is 25.1. The number of aromatic nitrogens is 2. The molecule has 166 valence electrons. The van der Waals surface area contributed by atoms with Gasteiger partial charge in [0.1, 0.15) is 23.1 Å². The van der Waals surface area contributed by atoms with Crippen molar-refractivity contribution >= 4 is 23.3 Å². The number of pyridine rings is 2. The molecule has 2 heterocycles. The Kier molecular flexibility index (Phi) is 8.68. The molecule has 0 saturated carbocycles. The second kappa shape index (κ2) is 10.7. The molecule has 0 aliphatic carbocycles. The second-order valence-electron chi connectivity index (χ2n) is 6.89. The fraction of sp³-hybridized carbons (Fsp3) is 0.400. The van der Waals surface area contributed by atoms with Gasteiger partial charge in [-0.25, -0.2) is 9.78 Å². The summed E-state index contributed by atoms with van der Waals surface area (Å²) in [6.45, 7) is 10.7. The number of nitriles is 1. The molecule has 31 heavy (non-hydrogen) atoms. The minimum Gasteiger partial charge on any atom is -0.444 e. The molecule has 0 atom stereocenters. The standard InChI is InChI=1S/C18H20N6O5.C2H6/c1-10-6-11(8-19)21-9-13(10)28-14-7-12(22-17(25)29-18(2,3)4)15(24(26)27)16(20-5)23-14;1-2/h6-7,9H,1-5H3,(H2,20,22,23,25);1-2H3. The molecule has 0 aromatic carbocycles. The van der Waals surface area contributed by atoms with E-state index in [9.17, 15) is 14.9 Å². The van der Waals surface area contributed by atoms with E-state index in [1.807, 2.05) is 19.9 Å². The van der Waals surface area contributed by atoms with E-state index >= 15 is 0 Å². The number of hydrogen-bond donors (Lipinski definition) is 2. The largest absolute Gasteiger partial charge is 0.444 e. The van der Waals surface area contributed by atoms with Crippen molar-refractivity contribution in [2.24, 2.45) is 0 Å². The summed E-state index contributed by atoms with van der Waals surface area (Å²) in [7, 11) is 1.45. The molecule has 1 amide bonds. The van der Waals surface area contributed by atoms with Crippen LogP contribution >= 0.6 is 0 Å². The molecule has 0 aliphatic rings. The molecular formula is C20H26N6O5.